The molecule has 0 bridgehead atoms. The molecule has 0 aliphatic rings. The second-order valence-electron chi connectivity index (χ2n) is 4.20. The number of nitrogens with zero attached hydrogens (tertiary/aromatic N) is 1. The van der Waals surface area contributed by atoms with Gasteiger partial charge in [-0.2, -0.15) is 0 Å². The van der Waals surface area contributed by atoms with Crippen molar-refractivity contribution in [1.82, 2.24) is 4.90 Å². The van der Waals surface area contributed by atoms with Crippen molar-refractivity contribution in [2.24, 2.45) is 0 Å². The first kappa shape index (κ1) is 12.8. The lowest BCUT2D eigenvalue weighted by molar-refractivity contribution is 0.415. The minimum absolute atomic E-state index is 0.656. The molecule has 1 aromatic rings. The topological polar surface area (TPSA) is 27.1 Å². The van der Waals surface area contributed by atoms with Crippen molar-refractivity contribution in [2.75, 3.05) is 13.1 Å². The van der Waals surface area contributed by atoms with Crippen LogP contribution in [0, 0.1) is 12.3 Å². The first-order chi connectivity index (χ1) is 7.69. The highest BCUT2D eigenvalue weighted by molar-refractivity contribution is 5.96. The lowest BCUT2D eigenvalue weighted by atomic mass is 10.1. The van der Waals surface area contributed by atoms with Crippen LogP contribution in [0.25, 0.3) is 0 Å². The molecule has 1 N–H and O–H groups in total. The van der Waals surface area contributed by atoms with Crippen LogP contribution >= 0.6 is 0 Å². The van der Waals surface area contributed by atoms with E-state index in [9.17, 15) is 0 Å². The van der Waals surface area contributed by atoms with Crippen LogP contribution in [-0.4, -0.2) is 23.8 Å². The maximum atomic E-state index is 8.19. The molecular formula is C14H22N2. The predicted molar refractivity (Wildman–Crippen MR) is 70.2 cm³/mol. The molecule has 0 aromatic heterocycles. The monoisotopic (exact) mass is 218 g/mol. The number of hydrogen-bond acceptors (Lipinski definition) is 1. The Morgan fingerprint density at radius 2 is 1.56 bits per heavy atom. The van der Waals surface area contributed by atoms with Crippen LogP contribution < -0.4 is 0 Å². The Labute approximate surface area is 98.8 Å². The Morgan fingerprint density at radius 1 is 1.06 bits per heavy atom. The molecule has 0 aliphatic heterocycles. The van der Waals surface area contributed by atoms with Crippen molar-refractivity contribution in [3.63, 3.8) is 0 Å². The molecule has 0 spiro atoms. The minimum atomic E-state index is 0.656. The molecule has 16 heavy (non-hydrogen) atoms. The first-order valence-electron chi connectivity index (χ1n) is 6.09. The first-order valence-corrected chi connectivity index (χ1v) is 6.09. The Kier molecular flexibility index (Phi) is 5.03. The van der Waals surface area contributed by atoms with Gasteiger partial charge in [0.2, 0.25) is 0 Å². The number of hydrogen-bond donors (Lipinski definition) is 1. The molecule has 0 heterocycles. The summed E-state index contributed by atoms with van der Waals surface area (Å²) in [7, 11) is 0. The zero-order chi connectivity index (χ0) is 12.0. The van der Waals surface area contributed by atoms with Gasteiger partial charge in [-0.3, -0.25) is 5.41 Å². The van der Waals surface area contributed by atoms with E-state index in [1.165, 1.54) is 5.56 Å². The van der Waals surface area contributed by atoms with Crippen molar-refractivity contribution in [2.45, 2.75) is 33.6 Å². The summed E-state index contributed by atoms with van der Waals surface area (Å²) < 4.78 is 0. The molecule has 0 amide bonds. The molecule has 88 valence electrons. The van der Waals surface area contributed by atoms with E-state index < -0.39 is 0 Å². The van der Waals surface area contributed by atoms with E-state index in [2.05, 4.69) is 37.8 Å². The normalized spacial score (nSPS) is 10.2. The third-order valence-corrected chi connectivity index (χ3v) is 2.63. The van der Waals surface area contributed by atoms with Gasteiger partial charge in [0.05, 0.1) is 0 Å². The minimum Gasteiger partial charge on any atom is -0.357 e. The molecule has 1 rings (SSSR count). The number of benzene rings is 1. The van der Waals surface area contributed by atoms with Crippen LogP contribution in [-0.2, 0) is 0 Å². The molecule has 0 aliphatic carbocycles. The molecule has 2 nitrogen and oxygen atoms in total. The summed E-state index contributed by atoms with van der Waals surface area (Å²) in [5.74, 6) is 0.656. The van der Waals surface area contributed by atoms with E-state index in [4.69, 9.17) is 5.41 Å². The zero-order valence-corrected chi connectivity index (χ0v) is 10.6. The van der Waals surface area contributed by atoms with Crippen molar-refractivity contribution >= 4 is 5.84 Å². The Bertz CT molecular complexity index is 321. The summed E-state index contributed by atoms with van der Waals surface area (Å²) in [5, 5.41) is 8.19. The second kappa shape index (κ2) is 6.31. The van der Waals surface area contributed by atoms with E-state index in [-0.39, 0.29) is 0 Å². The van der Waals surface area contributed by atoms with Crippen LogP contribution in [0.1, 0.15) is 37.8 Å². The number of rotatable bonds is 5. The average molecular weight is 218 g/mol. The van der Waals surface area contributed by atoms with Crippen LogP contribution in [0.4, 0.5) is 0 Å². The quantitative estimate of drug-likeness (QED) is 0.595. The summed E-state index contributed by atoms with van der Waals surface area (Å²) in [6.07, 6.45) is 2.18. The van der Waals surface area contributed by atoms with Crippen LogP contribution in [0.3, 0.4) is 0 Å². The van der Waals surface area contributed by atoms with Gasteiger partial charge in [0.15, 0.2) is 0 Å². The second-order valence-corrected chi connectivity index (χ2v) is 4.20. The van der Waals surface area contributed by atoms with Crippen molar-refractivity contribution in [3.8, 4) is 0 Å². The fraction of sp³-hybridized carbons (Fsp3) is 0.500. The summed E-state index contributed by atoms with van der Waals surface area (Å²) >= 11 is 0. The van der Waals surface area contributed by atoms with Gasteiger partial charge >= 0.3 is 0 Å². The Hall–Kier alpha value is -1.31. The van der Waals surface area contributed by atoms with Gasteiger partial charge in [0, 0.05) is 18.7 Å². The molecule has 0 saturated heterocycles. The number of nitrogens with one attached hydrogen (secondary N) is 1. The van der Waals surface area contributed by atoms with E-state index in [0.29, 0.717) is 5.84 Å². The lowest BCUT2D eigenvalue weighted by Crippen LogP contribution is -2.32. The van der Waals surface area contributed by atoms with Gasteiger partial charge in [-0.1, -0.05) is 43.7 Å². The lowest BCUT2D eigenvalue weighted by Gasteiger charge is -2.24. The van der Waals surface area contributed by atoms with Crippen molar-refractivity contribution < 1.29 is 0 Å². The highest BCUT2D eigenvalue weighted by atomic mass is 15.2. The van der Waals surface area contributed by atoms with Crippen LogP contribution in [0.5, 0.6) is 0 Å². The molecule has 0 unspecified atom stereocenters. The van der Waals surface area contributed by atoms with Gasteiger partial charge in [0.1, 0.15) is 5.84 Å². The van der Waals surface area contributed by atoms with Gasteiger partial charge < -0.3 is 4.90 Å². The standard InChI is InChI=1S/C14H22N2/c1-4-10-16(11-5-2)14(15)13-8-6-12(3)7-9-13/h6-9,15H,4-5,10-11H2,1-3H3. The largest absolute Gasteiger partial charge is 0.357 e. The van der Waals surface area contributed by atoms with E-state index >= 15 is 0 Å². The fourth-order valence-electron chi connectivity index (χ4n) is 1.77. The summed E-state index contributed by atoms with van der Waals surface area (Å²) in [6, 6.07) is 8.21. The van der Waals surface area contributed by atoms with E-state index in [1.807, 2.05) is 12.1 Å². The van der Waals surface area contributed by atoms with Gasteiger partial charge in [-0.05, 0) is 19.8 Å². The average Bonchev–Trinajstić information content (AvgIpc) is 2.29. The maximum absolute atomic E-state index is 8.19. The van der Waals surface area contributed by atoms with Gasteiger partial charge in [-0.15, -0.1) is 0 Å². The summed E-state index contributed by atoms with van der Waals surface area (Å²) in [5.41, 5.74) is 2.27. The third-order valence-electron chi connectivity index (χ3n) is 2.63. The highest BCUT2D eigenvalue weighted by Gasteiger charge is 2.09. The SMILES string of the molecule is CCCN(CCC)C(=N)c1ccc(C)cc1. The molecule has 2 heteroatoms. The van der Waals surface area contributed by atoms with Crippen molar-refractivity contribution in [1.29, 1.82) is 5.41 Å². The predicted octanol–water partition coefficient (Wildman–Crippen LogP) is 3.44. The number of aryl methyl sites for hydroxylation is 1. The van der Waals surface area contributed by atoms with Crippen LogP contribution in [0.2, 0.25) is 0 Å². The third kappa shape index (κ3) is 3.37. The molecule has 1 aromatic carbocycles. The van der Waals surface area contributed by atoms with E-state index in [1.54, 1.807) is 0 Å². The summed E-state index contributed by atoms with van der Waals surface area (Å²) in [4.78, 5) is 2.16. The number of amidine groups is 1. The van der Waals surface area contributed by atoms with E-state index in [0.717, 1.165) is 31.5 Å². The van der Waals surface area contributed by atoms with Gasteiger partial charge in [0.25, 0.3) is 0 Å². The summed E-state index contributed by atoms with van der Waals surface area (Å²) in [6.45, 7) is 8.33. The fourth-order valence-corrected chi connectivity index (χ4v) is 1.77. The Morgan fingerprint density at radius 3 is 2.00 bits per heavy atom. The maximum Gasteiger partial charge on any atom is 0.128 e. The molecule has 0 atom stereocenters. The Balaban J connectivity index is 2.77. The molecule has 0 fully saturated rings. The smallest absolute Gasteiger partial charge is 0.128 e. The zero-order valence-electron chi connectivity index (χ0n) is 10.6. The molecular weight excluding hydrogens is 196 g/mol. The highest BCUT2D eigenvalue weighted by Crippen LogP contribution is 2.08. The van der Waals surface area contributed by atoms with Gasteiger partial charge in [-0.25, -0.2) is 0 Å². The molecule has 0 radical (unpaired) electrons. The van der Waals surface area contributed by atoms with Crippen LogP contribution in [0.15, 0.2) is 24.3 Å². The molecule has 0 saturated carbocycles. The van der Waals surface area contributed by atoms with Crippen molar-refractivity contribution in [3.05, 3.63) is 35.4 Å².